The molecule has 9 heteroatoms. The molecule has 0 unspecified atom stereocenters. The average molecular weight is 424 g/mol. The minimum absolute atomic E-state index is 0.00259. The molecule has 1 aliphatic rings. The van der Waals surface area contributed by atoms with Gasteiger partial charge in [0.1, 0.15) is 13.2 Å². The van der Waals surface area contributed by atoms with Gasteiger partial charge in [-0.15, -0.1) is 11.8 Å². The van der Waals surface area contributed by atoms with Crippen molar-refractivity contribution in [3.63, 3.8) is 0 Å². The number of hydrogen-bond acceptors (Lipinski definition) is 7. The van der Waals surface area contributed by atoms with Crippen LogP contribution in [0.4, 0.5) is 0 Å². The molecule has 28 heavy (non-hydrogen) atoms. The van der Waals surface area contributed by atoms with E-state index < -0.39 is 22.5 Å². The lowest BCUT2D eigenvalue weighted by Crippen LogP contribution is -2.30. The van der Waals surface area contributed by atoms with Gasteiger partial charge in [0.15, 0.2) is 11.5 Å². The quantitative estimate of drug-likeness (QED) is 0.541. The molecule has 0 saturated heterocycles. The number of thioether (sulfide) groups is 1. The molecular weight excluding hydrogens is 402 g/mol. The number of benzene rings is 2. The zero-order chi connectivity index (χ0) is 20.0. The molecule has 0 fully saturated rings. The lowest BCUT2D eigenvalue weighted by atomic mass is 10.2. The van der Waals surface area contributed by atoms with E-state index >= 15 is 0 Å². The molecule has 0 saturated carbocycles. The summed E-state index contributed by atoms with van der Waals surface area (Å²) in [6.45, 7) is 0.594. The van der Waals surface area contributed by atoms with Gasteiger partial charge in [-0.25, -0.2) is 8.42 Å². The summed E-state index contributed by atoms with van der Waals surface area (Å²) in [7, 11) is -3.88. The van der Waals surface area contributed by atoms with Crippen molar-refractivity contribution < 1.29 is 27.4 Å². The number of fused-ring (bicyclic) bond motifs is 1. The van der Waals surface area contributed by atoms with E-state index in [1.807, 2.05) is 30.5 Å². The molecular formula is C19H21NO6S2. The van der Waals surface area contributed by atoms with E-state index in [0.29, 0.717) is 24.7 Å². The Kier molecular flexibility index (Phi) is 6.82. The predicted molar refractivity (Wildman–Crippen MR) is 105 cm³/mol. The molecule has 0 aliphatic carbocycles. The summed E-state index contributed by atoms with van der Waals surface area (Å²) in [6.07, 6.45) is 2.70. The molecule has 0 bridgehead atoms. The number of ether oxygens (including phenoxy) is 3. The van der Waals surface area contributed by atoms with Crippen molar-refractivity contribution in [1.29, 1.82) is 0 Å². The van der Waals surface area contributed by atoms with Gasteiger partial charge in [-0.1, -0.05) is 12.1 Å². The second-order valence-electron chi connectivity index (χ2n) is 5.99. The monoisotopic (exact) mass is 423 g/mol. The molecule has 1 heterocycles. The van der Waals surface area contributed by atoms with Gasteiger partial charge in [0, 0.05) is 17.4 Å². The summed E-state index contributed by atoms with van der Waals surface area (Å²) in [4.78, 5) is 13.0. The summed E-state index contributed by atoms with van der Waals surface area (Å²) in [5.41, 5.74) is 0.830. The van der Waals surface area contributed by atoms with Crippen molar-refractivity contribution in [1.82, 2.24) is 4.72 Å². The van der Waals surface area contributed by atoms with E-state index in [2.05, 4.69) is 4.72 Å². The average Bonchev–Trinajstić information content (AvgIpc) is 2.96. The van der Waals surface area contributed by atoms with Crippen LogP contribution in [0, 0.1) is 0 Å². The normalized spacial score (nSPS) is 13.6. The molecule has 3 rings (SSSR count). The third kappa shape index (κ3) is 5.40. The van der Waals surface area contributed by atoms with Crippen LogP contribution in [-0.2, 0) is 26.2 Å². The maximum absolute atomic E-state index is 12.4. The van der Waals surface area contributed by atoms with Crippen LogP contribution in [0.1, 0.15) is 12.0 Å². The smallest absolute Gasteiger partial charge is 0.321 e. The number of sulfonamides is 1. The van der Waals surface area contributed by atoms with Crippen LogP contribution < -0.4 is 14.2 Å². The van der Waals surface area contributed by atoms with Crippen LogP contribution in [0.25, 0.3) is 0 Å². The molecule has 1 aliphatic heterocycles. The largest absolute Gasteiger partial charge is 0.490 e. The maximum atomic E-state index is 12.4. The molecule has 0 radical (unpaired) electrons. The van der Waals surface area contributed by atoms with E-state index in [1.165, 1.54) is 12.1 Å². The van der Waals surface area contributed by atoms with Crippen LogP contribution in [0.5, 0.6) is 11.5 Å². The Balaban J connectivity index is 1.55. The van der Waals surface area contributed by atoms with Gasteiger partial charge in [-0.3, -0.25) is 4.79 Å². The summed E-state index contributed by atoms with van der Waals surface area (Å²) < 4.78 is 43.2. The Hall–Kier alpha value is -2.23. The molecule has 1 N–H and O–H groups in total. The van der Waals surface area contributed by atoms with Gasteiger partial charge < -0.3 is 14.2 Å². The molecule has 0 amide bonds. The standard InChI is InChI=1S/C19H21NO6S2/c1-27-15-5-3-14(4-6-15)13-26-19(21)12-20-28(22,23)16-7-8-17-18(11-16)25-10-2-9-24-17/h3-8,11,20H,2,9-10,12-13H2,1H3. The molecule has 150 valence electrons. The molecule has 7 nitrogen and oxygen atoms in total. The zero-order valence-electron chi connectivity index (χ0n) is 15.3. The number of carbonyl (C=O) groups is 1. The molecule has 2 aromatic rings. The fourth-order valence-electron chi connectivity index (χ4n) is 2.48. The predicted octanol–water partition coefficient (Wildman–Crippen LogP) is 2.59. The number of carbonyl (C=O) groups excluding carboxylic acids is 1. The van der Waals surface area contributed by atoms with Gasteiger partial charge in [-0.2, -0.15) is 4.72 Å². The van der Waals surface area contributed by atoms with Crippen LogP contribution >= 0.6 is 11.8 Å². The fraction of sp³-hybridized carbons (Fsp3) is 0.316. The Bertz CT molecular complexity index is 928. The highest BCUT2D eigenvalue weighted by Gasteiger charge is 2.20. The van der Waals surface area contributed by atoms with Crippen molar-refractivity contribution >= 4 is 27.8 Å². The van der Waals surface area contributed by atoms with E-state index in [4.69, 9.17) is 14.2 Å². The van der Waals surface area contributed by atoms with Gasteiger partial charge in [-0.05, 0) is 36.1 Å². The first kappa shape index (κ1) is 20.5. The van der Waals surface area contributed by atoms with Crippen molar-refractivity contribution in [3.05, 3.63) is 48.0 Å². The molecule has 2 aromatic carbocycles. The first-order valence-electron chi connectivity index (χ1n) is 8.66. The fourth-order valence-corrected chi connectivity index (χ4v) is 3.88. The summed E-state index contributed by atoms with van der Waals surface area (Å²) in [5.74, 6) is 0.215. The number of nitrogens with one attached hydrogen (secondary N) is 1. The lowest BCUT2D eigenvalue weighted by Gasteiger charge is -2.11. The van der Waals surface area contributed by atoms with Crippen molar-refractivity contribution in [2.24, 2.45) is 0 Å². The number of hydrogen-bond donors (Lipinski definition) is 1. The second kappa shape index (κ2) is 9.31. The van der Waals surface area contributed by atoms with E-state index in [0.717, 1.165) is 16.9 Å². The number of esters is 1. The molecule has 0 aromatic heterocycles. The Morgan fingerprint density at radius 3 is 2.54 bits per heavy atom. The third-order valence-electron chi connectivity index (χ3n) is 3.99. The second-order valence-corrected chi connectivity index (χ2v) is 8.64. The molecule has 0 atom stereocenters. The highest BCUT2D eigenvalue weighted by molar-refractivity contribution is 7.98. The van der Waals surface area contributed by atoms with Crippen LogP contribution in [0.2, 0.25) is 0 Å². The Morgan fingerprint density at radius 1 is 1.11 bits per heavy atom. The number of rotatable bonds is 7. The summed E-state index contributed by atoms with van der Waals surface area (Å²) >= 11 is 1.62. The van der Waals surface area contributed by atoms with Crippen molar-refractivity contribution in [3.8, 4) is 11.5 Å². The van der Waals surface area contributed by atoms with E-state index in [9.17, 15) is 13.2 Å². The molecule has 0 spiro atoms. The summed E-state index contributed by atoms with van der Waals surface area (Å²) in [6, 6.07) is 11.9. The van der Waals surface area contributed by atoms with Crippen LogP contribution in [0.15, 0.2) is 52.3 Å². The van der Waals surface area contributed by atoms with E-state index in [1.54, 1.807) is 17.8 Å². The highest BCUT2D eigenvalue weighted by atomic mass is 32.2. The van der Waals surface area contributed by atoms with Crippen LogP contribution in [0.3, 0.4) is 0 Å². The summed E-state index contributed by atoms with van der Waals surface area (Å²) in [5, 5.41) is 0. The minimum atomic E-state index is -3.88. The SMILES string of the molecule is CSc1ccc(COC(=O)CNS(=O)(=O)c2ccc3c(c2)OCCCO3)cc1. The Morgan fingerprint density at radius 2 is 1.82 bits per heavy atom. The minimum Gasteiger partial charge on any atom is -0.490 e. The first-order valence-corrected chi connectivity index (χ1v) is 11.4. The first-order chi connectivity index (χ1) is 13.5. The highest BCUT2D eigenvalue weighted by Crippen LogP contribution is 2.31. The third-order valence-corrected chi connectivity index (χ3v) is 6.14. The van der Waals surface area contributed by atoms with Gasteiger partial charge in [0.25, 0.3) is 0 Å². The topological polar surface area (TPSA) is 90.9 Å². The maximum Gasteiger partial charge on any atom is 0.321 e. The van der Waals surface area contributed by atoms with Crippen LogP contribution in [-0.4, -0.2) is 40.4 Å². The Labute approximate surface area is 168 Å². The van der Waals surface area contributed by atoms with E-state index in [-0.39, 0.29) is 11.5 Å². The van der Waals surface area contributed by atoms with Crippen molar-refractivity contribution in [2.45, 2.75) is 22.8 Å². The lowest BCUT2D eigenvalue weighted by molar-refractivity contribution is -0.143. The van der Waals surface area contributed by atoms with Crippen molar-refractivity contribution in [2.75, 3.05) is 26.0 Å². The van der Waals surface area contributed by atoms with Gasteiger partial charge >= 0.3 is 5.97 Å². The van der Waals surface area contributed by atoms with Gasteiger partial charge in [0.05, 0.1) is 18.1 Å². The zero-order valence-corrected chi connectivity index (χ0v) is 17.0. The van der Waals surface area contributed by atoms with Gasteiger partial charge in [0.2, 0.25) is 10.0 Å².